The average Bonchev–Trinajstić information content (AvgIpc) is 2.26. The van der Waals surface area contributed by atoms with Crippen molar-refractivity contribution in [2.24, 2.45) is 5.73 Å². The van der Waals surface area contributed by atoms with Crippen LogP contribution < -0.4 is 10.5 Å². The molecule has 0 aliphatic carbocycles. The maximum absolute atomic E-state index is 12.7. The first-order valence-corrected chi connectivity index (χ1v) is 4.07. The molecule has 1 aromatic heterocycles. The minimum Gasteiger partial charge on any atom is -0.494 e. The van der Waals surface area contributed by atoms with Crippen molar-refractivity contribution in [1.82, 2.24) is 4.98 Å². The summed E-state index contributed by atoms with van der Waals surface area (Å²) < 4.78 is 30.1. The second-order valence-corrected chi connectivity index (χ2v) is 2.74. The van der Waals surface area contributed by atoms with Gasteiger partial charge in [-0.15, -0.1) is 0 Å². The summed E-state index contributed by atoms with van der Waals surface area (Å²) >= 11 is 0. The number of amides is 1. The van der Waals surface area contributed by atoms with Gasteiger partial charge in [0.05, 0.1) is 18.9 Å². The number of nitriles is 1. The molecule has 0 fully saturated rings. The minimum absolute atomic E-state index is 0.122. The van der Waals surface area contributed by atoms with Crippen LogP contribution in [0, 0.1) is 11.3 Å². The molecule has 16 heavy (non-hydrogen) atoms. The zero-order valence-electron chi connectivity index (χ0n) is 8.20. The molecule has 0 saturated carbocycles. The van der Waals surface area contributed by atoms with Crippen molar-refractivity contribution in [1.29, 1.82) is 5.26 Å². The summed E-state index contributed by atoms with van der Waals surface area (Å²) in [7, 11) is 1.21. The Hall–Kier alpha value is -2.23. The molecule has 5 nitrogen and oxygen atoms in total. The maximum Gasteiger partial charge on any atom is 0.267 e. The van der Waals surface area contributed by atoms with Gasteiger partial charge in [0.15, 0.2) is 5.75 Å². The van der Waals surface area contributed by atoms with Crippen LogP contribution in [0.4, 0.5) is 8.78 Å². The molecule has 7 heteroatoms. The van der Waals surface area contributed by atoms with E-state index in [2.05, 4.69) is 4.98 Å². The lowest BCUT2D eigenvalue weighted by atomic mass is 10.1. The van der Waals surface area contributed by atoms with Crippen LogP contribution in [-0.2, 0) is 0 Å². The van der Waals surface area contributed by atoms with Crippen LogP contribution in [0.5, 0.6) is 5.75 Å². The highest BCUT2D eigenvalue weighted by molar-refractivity contribution is 5.93. The van der Waals surface area contributed by atoms with Gasteiger partial charge in [-0.25, -0.2) is 13.8 Å². The van der Waals surface area contributed by atoms with Crippen molar-refractivity contribution < 1.29 is 18.3 Å². The van der Waals surface area contributed by atoms with E-state index in [0.29, 0.717) is 0 Å². The lowest BCUT2D eigenvalue weighted by Crippen LogP contribution is -2.17. The number of ether oxygens (including phenoxy) is 1. The van der Waals surface area contributed by atoms with Crippen molar-refractivity contribution in [3.63, 3.8) is 0 Å². The van der Waals surface area contributed by atoms with Crippen LogP contribution in [0.25, 0.3) is 0 Å². The first-order chi connectivity index (χ1) is 7.52. The van der Waals surface area contributed by atoms with Crippen LogP contribution in [-0.4, -0.2) is 18.0 Å². The summed E-state index contributed by atoms with van der Waals surface area (Å²) in [5, 5.41) is 8.74. The third kappa shape index (κ3) is 1.91. The second kappa shape index (κ2) is 4.53. The third-order valence-electron chi connectivity index (χ3n) is 1.87. The van der Waals surface area contributed by atoms with Crippen LogP contribution in [0.15, 0.2) is 6.20 Å². The molecule has 84 valence electrons. The van der Waals surface area contributed by atoms with Gasteiger partial charge in [-0.2, -0.15) is 5.26 Å². The normalized spacial score (nSPS) is 9.94. The van der Waals surface area contributed by atoms with Gasteiger partial charge in [-0.1, -0.05) is 0 Å². The number of nitrogens with zero attached hydrogens (tertiary/aromatic N) is 2. The molecule has 1 heterocycles. The van der Waals surface area contributed by atoms with Gasteiger partial charge < -0.3 is 10.5 Å². The summed E-state index contributed by atoms with van der Waals surface area (Å²) in [6.07, 6.45) is -2.02. The zero-order valence-corrected chi connectivity index (χ0v) is 8.20. The van der Waals surface area contributed by atoms with E-state index in [1.807, 2.05) is 0 Å². The van der Waals surface area contributed by atoms with Crippen molar-refractivity contribution in [3.05, 3.63) is 23.0 Å². The second-order valence-electron chi connectivity index (χ2n) is 2.74. The SMILES string of the molecule is COc1cnc(C(N)=O)c(C(F)F)c1C#N. The van der Waals surface area contributed by atoms with Crippen LogP contribution in [0.1, 0.15) is 28.0 Å². The molecule has 1 rings (SSSR count). The van der Waals surface area contributed by atoms with Gasteiger partial charge in [-0.05, 0) is 0 Å². The Kier molecular flexibility index (Phi) is 3.35. The Morgan fingerprint density at radius 2 is 2.31 bits per heavy atom. The molecule has 0 bridgehead atoms. The molecule has 0 unspecified atom stereocenters. The Labute approximate surface area is 89.4 Å². The number of hydrogen-bond acceptors (Lipinski definition) is 4. The highest BCUT2D eigenvalue weighted by atomic mass is 19.3. The van der Waals surface area contributed by atoms with Gasteiger partial charge in [0.2, 0.25) is 0 Å². The van der Waals surface area contributed by atoms with E-state index in [-0.39, 0.29) is 5.75 Å². The van der Waals surface area contributed by atoms with E-state index in [4.69, 9.17) is 15.7 Å². The lowest BCUT2D eigenvalue weighted by molar-refractivity contribution is 0.0979. The molecule has 0 atom stereocenters. The molecule has 2 N–H and O–H groups in total. The summed E-state index contributed by atoms with van der Waals surface area (Å²) in [5.41, 5.74) is 3.04. The number of pyridine rings is 1. The van der Waals surface area contributed by atoms with Gasteiger partial charge >= 0.3 is 0 Å². The minimum atomic E-state index is -3.03. The first-order valence-electron chi connectivity index (χ1n) is 4.07. The largest absolute Gasteiger partial charge is 0.494 e. The quantitative estimate of drug-likeness (QED) is 0.834. The van der Waals surface area contributed by atoms with Gasteiger partial charge in [0, 0.05) is 0 Å². The van der Waals surface area contributed by atoms with Crippen LogP contribution >= 0.6 is 0 Å². The Balaban J connectivity index is 3.58. The molecule has 0 aliphatic heterocycles. The molecular weight excluding hydrogens is 220 g/mol. The third-order valence-corrected chi connectivity index (χ3v) is 1.87. The molecule has 1 aromatic rings. The van der Waals surface area contributed by atoms with E-state index in [9.17, 15) is 13.6 Å². The average molecular weight is 227 g/mol. The van der Waals surface area contributed by atoms with Crippen molar-refractivity contribution in [3.8, 4) is 11.8 Å². The number of carbonyl (C=O) groups is 1. The molecule has 0 aromatic carbocycles. The molecule has 0 spiro atoms. The van der Waals surface area contributed by atoms with Gasteiger partial charge in [-0.3, -0.25) is 4.79 Å². The fourth-order valence-corrected chi connectivity index (χ4v) is 1.19. The molecule has 0 radical (unpaired) electrons. The van der Waals surface area contributed by atoms with Gasteiger partial charge in [0.25, 0.3) is 12.3 Å². The first kappa shape index (κ1) is 11.8. The van der Waals surface area contributed by atoms with E-state index >= 15 is 0 Å². The number of primary amides is 1. The number of rotatable bonds is 3. The van der Waals surface area contributed by atoms with Crippen molar-refractivity contribution in [2.75, 3.05) is 7.11 Å². The Bertz CT molecular complexity index is 469. The number of aromatic nitrogens is 1. The highest BCUT2D eigenvalue weighted by Gasteiger charge is 2.25. The molecule has 0 aliphatic rings. The number of alkyl halides is 2. The number of halogens is 2. The van der Waals surface area contributed by atoms with E-state index < -0.39 is 29.2 Å². The molecule has 1 amide bonds. The number of methoxy groups -OCH3 is 1. The topological polar surface area (TPSA) is 89.0 Å². The van der Waals surface area contributed by atoms with E-state index in [1.165, 1.54) is 13.2 Å². The van der Waals surface area contributed by atoms with E-state index in [1.54, 1.807) is 0 Å². The standard InChI is InChI=1S/C9H7F2N3O2/c1-16-5-3-14-7(9(13)15)6(8(10)11)4(5)2-12/h3,8H,1H3,(H2,13,15). The van der Waals surface area contributed by atoms with Crippen molar-refractivity contribution >= 4 is 5.91 Å². The van der Waals surface area contributed by atoms with Gasteiger partial charge in [0.1, 0.15) is 17.3 Å². The fourth-order valence-electron chi connectivity index (χ4n) is 1.19. The number of nitrogens with two attached hydrogens (primary N) is 1. The summed E-state index contributed by atoms with van der Waals surface area (Å²) in [5.74, 6) is -1.24. The summed E-state index contributed by atoms with van der Waals surface area (Å²) in [6, 6.07) is 1.54. The highest BCUT2D eigenvalue weighted by Crippen LogP contribution is 2.30. The smallest absolute Gasteiger partial charge is 0.267 e. The monoisotopic (exact) mass is 227 g/mol. The Morgan fingerprint density at radius 3 is 2.69 bits per heavy atom. The predicted molar refractivity (Wildman–Crippen MR) is 49.0 cm³/mol. The Morgan fingerprint density at radius 1 is 1.69 bits per heavy atom. The molecular formula is C9H7F2N3O2. The van der Waals surface area contributed by atoms with Crippen molar-refractivity contribution in [2.45, 2.75) is 6.43 Å². The number of carbonyl (C=O) groups excluding carboxylic acids is 1. The van der Waals surface area contributed by atoms with Crippen LogP contribution in [0.3, 0.4) is 0 Å². The number of hydrogen-bond donors (Lipinski definition) is 1. The van der Waals surface area contributed by atoms with Crippen LogP contribution in [0.2, 0.25) is 0 Å². The summed E-state index contributed by atoms with van der Waals surface area (Å²) in [6.45, 7) is 0. The molecule has 0 saturated heterocycles. The fraction of sp³-hybridized carbons (Fsp3) is 0.222. The zero-order chi connectivity index (χ0) is 12.3. The lowest BCUT2D eigenvalue weighted by Gasteiger charge is -2.10. The van der Waals surface area contributed by atoms with E-state index in [0.717, 1.165) is 6.20 Å². The maximum atomic E-state index is 12.7. The predicted octanol–water partition coefficient (Wildman–Crippen LogP) is 0.998. The summed E-state index contributed by atoms with van der Waals surface area (Å²) in [4.78, 5) is 14.3.